The number of nitrogens with zero attached hydrogens (tertiary/aromatic N) is 2. The third-order valence-corrected chi connectivity index (χ3v) is 11.3. The van der Waals surface area contributed by atoms with Crippen LogP contribution in [0.1, 0.15) is 69.8 Å². The number of carbonyl (C=O) groups is 8. The molecule has 0 spiro atoms. The van der Waals surface area contributed by atoms with Gasteiger partial charge in [-0.2, -0.15) is 8.42 Å². The second-order valence-corrected chi connectivity index (χ2v) is 17.1. The van der Waals surface area contributed by atoms with E-state index in [0.29, 0.717) is 21.9 Å². The predicted molar refractivity (Wildman–Crippen MR) is 212 cm³/mol. The number of rotatable bonds is 9. The Bertz CT molecular complexity index is 2090. The van der Waals surface area contributed by atoms with Gasteiger partial charge in [-0.15, -0.1) is 11.3 Å². The number of amides is 8. The molecule has 0 unspecified atom stereocenters. The number of benzene rings is 1. The number of thiazole rings is 1. The highest BCUT2D eigenvalue weighted by molar-refractivity contribution is 7.85. The number of aromatic hydroxyl groups is 1. The van der Waals surface area contributed by atoms with Crippen LogP contribution in [0.3, 0.4) is 0 Å². The average Bonchev–Trinajstić information content (AvgIpc) is 3.74. The molecule has 320 valence electrons. The number of aromatic nitrogens is 1. The second-order valence-electron chi connectivity index (χ2n) is 14.7. The number of hydrogen-bond donors (Lipinski definition) is 8. The van der Waals surface area contributed by atoms with E-state index in [0.717, 1.165) is 17.4 Å². The van der Waals surface area contributed by atoms with Crippen molar-refractivity contribution in [3.63, 3.8) is 0 Å². The quantitative estimate of drug-likeness (QED) is 0.0915. The van der Waals surface area contributed by atoms with Crippen LogP contribution in [0.4, 0.5) is 4.79 Å². The number of fused-ring (bicyclic) bond motifs is 2. The normalized spacial score (nSPS) is 25.4. The summed E-state index contributed by atoms with van der Waals surface area (Å²) in [4.78, 5) is 113. The predicted octanol–water partition coefficient (Wildman–Crippen LogP) is -0.296. The van der Waals surface area contributed by atoms with Gasteiger partial charge in [-0.3, -0.25) is 38.1 Å². The van der Waals surface area contributed by atoms with Gasteiger partial charge >= 0.3 is 6.03 Å². The van der Waals surface area contributed by atoms with Gasteiger partial charge in [0.15, 0.2) is 0 Å². The number of phenolic OH excluding ortho intramolecular Hbond substituents is 1. The van der Waals surface area contributed by atoms with E-state index >= 15 is 0 Å². The van der Waals surface area contributed by atoms with Crippen molar-refractivity contribution >= 4 is 74.8 Å². The summed E-state index contributed by atoms with van der Waals surface area (Å²) < 4.78 is 33.4. The van der Waals surface area contributed by atoms with Crippen molar-refractivity contribution < 1.29 is 56.4 Å². The lowest BCUT2D eigenvalue weighted by Crippen LogP contribution is -2.61. The van der Waals surface area contributed by atoms with E-state index in [-0.39, 0.29) is 30.2 Å². The van der Waals surface area contributed by atoms with E-state index in [4.69, 9.17) is 0 Å². The van der Waals surface area contributed by atoms with Gasteiger partial charge in [0.2, 0.25) is 29.4 Å². The molecule has 22 heteroatoms. The molecule has 0 radical (unpaired) electrons. The zero-order valence-corrected chi connectivity index (χ0v) is 34.5. The smallest absolute Gasteiger partial charge is 0.325 e. The third kappa shape index (κ3) is 12.6. The molecule has 2 aliphatic heterocycles. The maximum atomic E-state index is 14.0. The summed E-state index contributed by atoms with van der Waals surface area (Å²) in [6, 6.07) is -3.55. The van der Waals surface area contributed by atoms with E-state index < -0.39 is 112 Å². The Morgan fingerprint density at radius 1 is 0.864 bits per heavy atom. The first-order valence-corrected chi connectivity index (χ1v) is 21.2. The van der Waals surface area contributed by atoms with Gasteiger partial charge in [0.1, 0.15) is 40.7 Å². The Balaban J connectivity index is 1.80. The van der Waals surface area contributed by atoms with Crippen LogP contribution in [0.25, 0.3) is 6.08 Å². The fourth-order valence-electron chi connectivity index (χ4n) is 6.22. The highest BCUT2D eigenvalue weighted by Crippen LogP contribution is 2.25. The molecule has 0 aliphatic carbocycles. The van der Waals surface area contributed by atoms with Crippen LogP contribution < -0.4 is 31.9 Å². The summed E-state index contributed by atoms with van der Waals surface area (Å²) >= 11 is 1.07. The van der Waals surface area contributed by atoms with Crippen LogP contribution in [0.15, 0.2) is 35.7 Å². The number of Topliss-reactive ketones (excluding diaryl/α,β-unsaturated/α-hetero) is 1. The molecule has 1 saturated heterocycles. The molecule has 1 fully saturated rings. The number of ketones is 1. The van der Waals surface area contributed by atoms with E-state index in [1.54, 1.807) is 39.8 Å². The van der Waals surface area contributed by atoms with Crippen LogP contribution >= 0.6 is 11.3 Å². The number of phenols is 1. The van der Waals surface area contributed by atoms with Gasteiger partial charge in [0.05, 0.1) is 17.8 Å². The Kier molecular flexibility index (Phi) is 15.4. The number of carbonyl (C=O) groups excluding carboxylic acids is 8. The van der Waals surface area contributed by atoms with Crippen molar-refractivity contribution in [2.24, 2.45) is 11.8 Å². The molecule has 2 aromatic rings. The summed E-state index contributed by atoms with van der Waals surface area (Å²) in [6.07, 6.45) is 2.53. The van der Waals surface area contributed by atoms with E-state index in [9.17, 15) is 56.4 Å². The zero-order chi connectivity index (χ0) is 43.8. The van der Waals surface area contributed by atoms with Crippen molar-refractivity contribution in [1.29, 1.82) is 0 Å². The number of hydrogen-bond acceptors (Lipinski definition) is 13. The maximum absolute atomic E-state index is 14.0. The summed E-state index contributed by atoms with van der Waals surface area (Å²) in [5.41, 5.74) is 0.823. The van der Waals surface area contributed by atoms with Gasteiger partial charge in [-0.25, -0.2) is 14.7 Å². The molecular formula is C37H48N8O12S2. The van der Waals surface area contributed by atoms with Crippen LogP contribution in [0.2, 0.25) is 0 Å². The minimum atomic E-state index is -4.91. The highest BCUT2D eigenvalue weighted by atomic mass is 32.2. The Morgan fingerprint density at radius 3 is 2.14 bits per heavy atom. The molecule has 2 aliphatic rings. The van der Waals surface area contributed by atoms with Gasteiger partial charge in [0, 0.05) is 18.0 Å². The Labute approximate surface area is 344 Å². The molecular weight excluding hydrogens is 813 g/mol. The number of nitrogens with one attached hydrogen (secondary N) is 6. The van der Waals surface area contributed by atoms with Crippen molar-refractivity contribution in [3.8, 4) is 5.75 Å². The van der Waals surface area contributed by atoms with Gasteiger partial charge in [-0.1, -0.05) is 46.2 Å². The highest BCUT2D eigenvalue weighted by Gasteiger charge is 2.44. The molecule has 59 heavy (non-hydrogen) atoms. The minimum absolute atomic E-state index is 0.00833. The molecule has 8 amide bonds. The maximum Gasteiger partial charge on any atom is 0.325 e. The van der Waals surface area contributed by atoms with Crippen LogP contribution in [0, 0.1) is 11.8 Å². The topological polar surface area (TPSA) is 299 Å². The molecule has 7 atom stereocenters. The molecule has 20 nitrogen and oxygen atoms in total. The first-order chi connectivity index (χ1) is 27.7. The fraction of sp³-hybridized carbons (Fsp3) is 0.486. The molecule has 3 heterocycles. The van der Waals surface area contributed by atoms with Crippen LogP contribution in [-0.4, -0.2) is 118 Å². The van der Waals surface area contributed by atoms with Crippen molar-refractivity contribution in [2.75, 3.05) is 12.3 Å². The van der Waals surface area contributed by atoms with Crippen molar-refractivity contribution in [2.45, 2.75) is 90.1 Å². The second kappa shape index (κ2) is 19.8. The molecule has 1 aromatic heterocycles. The number of urea groups is 1. The third-order valence-electron chi connectivity index (χ3n) is 9.54. The molecule has 8 N–H and O–H groups in total. The molecule has 2 bridgehead atoms. The molecule has 0 saturated carbocycles. The van der Waals surface area contributed by atoms with Gasteiger partial charge in [-0.05, 0) is 55.4 Å². The monoisotopic (exact) mass is 860 g/mol. The standard InChI is InChI=1S/C37H48N8O12S2/c1-6-19(4)29-30(48)34(52)43-25(14-21-7-10-23(46)11-8-21)35-40-22(16-58-35)9-12-28(47)41-26(17-59(55,56)57)31(49)38-15-27(45-36(53)20(5)39-37(45)54)33(51)42-24(13-18(2)3)32(50)44-29/h7-12,16,18-20,24-27,29,46H,6,13-15,17H2,1-5H3,(H,38,49)(H,39,54)(H,41,47)(H,42,51)(H,43,52)(H,44,50)(H,55,56,57)/b12-9+/t19-,20-,24-,25-,26-,27-,29-/m0/s1. The average molecular weight is 861 g/mol. The zero-order valence-electron chi connectivity index (χ0n) is 32.9. The van der Waals surface area contributed by atoms with Crippen molar-refractivity contribution in [3.05, 3.63) is 52.0 Å². The first-order valence-electron chi connectivity index (χ1n) is 18.7. The Morgan fingerprint density at radius 2 is 1.54 bits per heavy atom. The van der Waals surface area contributed by atoms with Gasteiger partial charge in [0.25, 0.3) is 21.9 Å². The minimum Gasteiger partial charge on any atom is -0.508 e. The summed E-state index contributed by atoms with van der Waals surface area (Å²) in [5.74, 6) is -9.31. The largest absolute Gasteiger partial charge is 0.508 e. The number of imide groups is 1. The first kappa shape index (κ1) is 46.0. The van der Waals surface area contributed by atoms with Crippen LogP contribution in [-0.2, 0) is 50.1 Å². The molecule has 4 rings (SSSR count). The fourth-order valence-corrected chi connectivity index (χ4v) is 7.71. The Hall–Kier alpha value is -5.74. The van der Waals surface area contributed by atoms with Crippen molar-refractivity contribution in [1.82, 2.24) is 41.8 Å². The SMILES string of the molecule is CC[C@H](C)[C@@H]1NC(=O)[C@H](CC(C)C)NC(=O)[C@@H](N2C(=O)N[C@@H](C)C2=O)CNC(=O)[C@H](CS(=O)(=O)O)NC(=O)/C=C/c2csc(n2)[C@H](Cc2ccc(O)cc2)NC(=O)C1=O. The lowest BCUT2D eigenvalue weighted by Gasteiger charge is -2.30. The molecule has 1 aromatic carbocycles. The van der Waals surface area contributed by atoms with Crippen LogP contribution in [0.5, 0.6) is 5.75 Å². The van der Waals surface area contributed by atoms with Gasteiger partial charge < -0.3 is 37.0 Å². The lowest BCUT2D eigenvalue weighted by molar-refractivity contribution is -0.142. The van der Waals surface area contributed by atoms with E-state index in [2.05, 4.69) is 36.9 Å². The summed E-state index contributed by atoms with van der Waals surface area (Å²) in [5, 5.41) is 26.2. The van der Waals surface area contributed by atoms with E-state index in [1.165, 1.54) is 30.5 Å². The summed E-state index contributed by atoms with van der Waals surface area (Å²) in [7, 11) is -4.91. The summed E-state index contributed by atoms with van der Waals surface area (Å²) in [6.45, 7) is 7.37. The lowest BCUT2D eigenvalue weighted by atomic mass is 9.93. The van der Waals surface area contributed by atoms with E-state index in [1.807, 2.05) is 0 Å².